The SMILES string of the molecule is CC(=O)c1cnc(N2CCN(C)CC2)nc1C. The minimum Gasteiger partial charge on any atom is -0.338 e. The number of nitrogens with zero attached hydrogens (tertiary/aromatic N) is 4. The maximum Gasteiger partial charge on any atom is 0.225 e. The minimum absolute atomic E-state index is 0.0208. The lowest BCUT2D eigenvalue weighted by atomic mass is 10.2. The number of carbonyl (C=O) groups excluding carboxylic acids is 1. The van der Waals surface area contributed by atoms with Crippen molar-refractivity contribution in [3.63, 3.8) is 0 Å². The van der Waals surface area contributed by atoms with E-state index in [4.69, 9.17) is 0 Å². The molecule has 0 N–H and O–H groups in total. The number of hydrogen-bond acceptors (Lipinski definition) is 5. The van der Waals surface area contributed by atoms with E-state index in [2.05, 4.69) is 26.8 Å². The van der Waals surface area contributed by atoms with Gasteiger partial charge in [-0.25, -0.2) is 9.97 Å². The molecule has 5 heteroatoms. The van der Waals surface area contributed by atoms with Crippen molar-refractivity contribution in [3.8, 4) is 0 Å². The predicted octanol–water partition coefficient (Wildman–Crippen LogP) is 0.739. The summed E-state index contributed by atoms with van der Waals surface area (Å²) in [6.07, 6.45) is 1.64. The molecule has 2 rings (SSSR count). The van der Waals surface area contributed by atoms with E-state index in [0.717, 1.165) is 37.8 Å². The zero-order chi connectivity index (χ0) is 12.4. The van der Waals surface area contributed by atoms with E-state index in [0.29, 0.717) is 5.56 Å². The van der Waals surface area contributed by atoms with Crippen molar-refractivity contribution in [2.45, 2.75) is 13.8 Å². The summed E-state index contributed by atoms with van der Waals surface area (Å²) in [6.45, 7) is 7.33. The second-order valence-electron chi connectivity index (χ2n) is 4.52. The van der Waals surface area contributed by atoms with Gasteiger partial charge in [0.2, 0.25) is 5.95 Å². The monoisotopic (exact) mass is 234 g/mol. The Morgan fingerprint density at radius 1 is 1.29 bits per heavy atom. The molecule has 1 aliphatic heterocycles. The van der Waals surface area contributed by atoms with Crippen LogP contribution in [0.3, 0.4) is 0 Å². The van der Waals surface area contributed by atoms with Gasteiger partial charge in [-0.15, -0.1) is 0 Å². The van der Waals surface area contributed by atoms with Crippen molar-refractivity contribution in [3.05, 3.63) is 17.5 Å². The number of ketones is 1. The Hall–Kier alpha value is -1.49. The molecule has 1 aromatic rings. The number of rotatable bonds is 2. The maximum atomic E-state index is 11.3. The second kappa shape index (κ2) is 4.79. The summed E-state index contributed by atoms with van der Waals surface area (Å²) in [5, 5.41) is 0. The number of likely N-dealkylation sites (N-methyl/N-ethyl adjacent to an activating group) is 1. The first-order chi connectivity index (χ1) is 8.08. The van der Waals surface area contributed by atoms with E-state index in [1.54, 1.807) is 13.1 Å². The third kappa shape index (κ3) is 2.61. The first kappa shape index (κ1) is 12.0. The third-order valence-electron chi connectivity index (χ3n) is 3.13. The molecule has 0 amide bonds. The van der Waals surface area contributed by atoms with Crippen LogP contribution in [0.5, 0.6) is 0 Å². The number of carbonyl (C=O) groups is 1. The topological polar surface area (TPSA) is 49.3 Å². The van der Waals surface area contributed by atoms with Gasteiger partial charge in [-0.1, -0.05) is 0 Å². The summed E-state index contributed by atoms with van der Waals surface area (Å²) >= 11 is 0. The average molecular weight is 234 g/mol. The molecule has 5 nitrogen and oxygen atoms in total. The number of aryl methyl sites for hydroxylation is 1. The van der Waals surface area contributed by atoms with E-state index in [1.165, 1.54) is 0 Å². The lowest BCUT2D eigenvalue weighted by molar-refractivity contribution is 0.101. The molecular weight excluding hydrogens is 216 g/mol. The van der Waals surface area contributed by atoms with E-state index >= 15 is 0 Å². The van der Waals surface area contributed by atoms with Gasteiger partial charge in [0, 0.05) is 32.4 Å². The Balaban J connectivity index is 2.17. The van der Waals surface area contributed by atoms with Crippen LogP contribution in [-0.2, 0) is 0 Å². The van der Waals surface area contributed by atoms with Crippen LogP contribution in [0.4, 0.5) is 5.95 Å². The minimum atomic E-state index is 0.0208. The van der Waals surface area contributed by atoms with Crippen LogP contribution < -0.4 is 4.90 Å². The van der Waals surface area contributed by atoms with Crippen LogP contribution in [0, 0.1) is 6.92 Å². The quantitative estimate of drug-likeness (QED) is 0.706. The largest absolute Gasteiger partial charge is 0.338 e. The van der Waals surface area contributed by atoms with Gasteiger partial charge in [0.1, 0.15) is 0 Å². The van der Waals surface area contributed by atoms with Crippen molar-refractivity contribution in [2.24, 2.45) is 0 Å². The van der Waals surface area contributed by atoms with Crippen LogP contribution in [0.25, 0.3) is 0 Å². The number of Topliss-reactive ketones (excluding diaryl/α,β-unsaturated/α-hetero) is 1. The van der Waals surface area contributed by atoms with Crippen molar-refractivity contribution in [1.82, 2.24) is 14.9 Å². The highest BCUT2D eigenvalue weighted by atomic mass is 16.1. The van der Waals surface area contributed by atoms with Gasteiger partial charge in [0.15, 0.2) is 5.78 Å². The third-order valence-corrected chi connectivity index (χ3v) is 3.13. The lowest BCUT2D eigenvalue weighted by Gasteiger charge is -2.32. The molecule has 0 atom stereocenters. The fourth-order valence-corrected chi connectivity index (χ4v) is 1.96. The molecule has 0 radical (unpaired) electrons. The van der Waals surface area contributed by atoms with Crippen molar-refractivity contribution in [2.75, 3.05) is 38.1 Å². The van der Waals surface area contributed by atoms with E-state index < -0.39 is 0 Å². The molecule has 1 aliphatic rings. The first-order valence-corrected chi connectivity index (χ1v) is 5.86. The van der Waals surface area contributed by atoms with Gasteiger partial charge < -0.3 is 9.80 Å². The van der Waals surface area contributed by atoms with Crippen LogP contribution in [-0.4, -0.2) is 53.9 Å². The lowest BCUT2D eigenvalue weighted by Crippen LogP contribution is -2.45. The van der Waals surface area contributed by atoms with Crippen molar-refractivity contribution >= 4 is 11.7 Å². The van der Waals surface area contributed by atoms with Crippen LogP contribution in [0.15, 0.2) is 6.20 Å². The molecule has 1 saturated heterocycles. The fourth-order valence-electron chi connectivity index (χ4n) is 1.96. The zero-order valence-electron chi connectivity index (χ0n) is 10.6. The molecule has 2 heterocycles. The molecule has 0 aromatic carbocycles. The van der Waals surface area contributed by atoms with E-state index in [1.807, 2.05) is 6.92 Å². The summed E-state index contributed by atoms with van der Waals surface area (Å²) < 4.78 is 0. The Bertz CT molecular complexity index is 425. The predicted molar refractivity (Wildman–Crippen MR) is 66.5 cm³/mol. The summed E-state index contributed by atoms with van der Waals surface area (Å²) in [5.41, 5.74) is 1.38. The molecule has 0 aliphatic carbocycles. The van der Waals surface area contributed by atoms with Crippen molar-refractivity contribution in [1.29, 1.82) is 0 Å². The number of hydrogen-bond donors (Lipinski definition) is 0. The summed E-state index contributed by atoms with van der Waals surface area (Å²) in [7, 11) is 2.11. The normalized spacial score (nSPS) is 17.2. The smallest absolute Gasteiger partial charge is 0.225 e. The summed E-state index contributed by atoms with van der Waals surface area (Å²) in [6, 6.07) is 0. The molecule has 1 fully saturated rings. The molecule has 0 bridgehead atoms. The van der Waals surface area contributed by atoms with Gasteiger partial charge in [0.05, 0.1) is 11.3 Å². The first-order valence-electron chi connectivity index (χ1n) is 5.86. The van der Waals surface area contributed by atoms with Gasteiger partial charge in [-0.3, -0.25) is 4.79 Å². The van der Waals surface area contributed by atoms with E-state index in [9.17, 15) is 4.79 Å². The highest BCUT2D eigenvalue weighted by molar-refractivity contribution is 5.94. The summed E-state index contributed by atoms with van der Waals surface area (Å²) in [4.78, 5) is 24.4. The van der Waals surface area contributed by atoms with Gasteiger partial charge in [0.25, 0.3) is 0 Å². The number of piperazine rings is 1. The number of anilines is 1. The standard InChI is InChI=1S/C12H18N4O/c1-9-11(10(2)17)8-13-12(14-9)16-6-4-15(3)5-7-16/h8H,4-7H2,1-3H3. The average Bonchev–Trinajstić information content (AvgIpc) is 2.29. The molecular formula is C12H18N4O. The number of aromatic nitrogens is 2. The van der Waals surface area contributed by atoms with Gasteiger partial charge in [-0.2, -0.15) is 0 Å². The summed E-state index contributed by atoms with van der Waals surface area (Å²) in [5.74, 6) is 0.757. The Morgan fingerprint density at radius 3 is 2.47 bits per heavy atom. The van der Waals surface area contributed by atoms with E-state index in [-0.39, 0.29) is 5.78 Å². The molecule has 1 aromatic heterocycles. The van der Waals surface area contributed by atoms with Gasteiger partial charge >= 0.3 is 0 Å². The Labute approximate surface area is 101 Å². The highest BCUT2D eigenvalue weighted by Crippen LogP contribution is 2.13. The van der Waals surface area contributed by atoms with Crippen LogP contribution in [0.1, 0.15) is 23.0 Å². The Kier molecular flexibility index (Phi) is 3.38. The van der Waals surface area contributed by atoms with Gasteiger partial charge in [-0.05, 0) is 20.9 Å². The molecule has 0 unspecified atom stereocenters. The molecule has 17 heavy (non-hydrogen) atoms. The fraction of sp³-hybridized carbons (Fsp3) is 0.583. The molecule has 92 valence electrons. The van der Waals surface area contributed by atoms with Crippen LogP contribution >= 0.6 is 0 Å². The molecule has 0 saturated carbocycles. The second-order valence-corrected chi connectivity index (χ2v) is 4.52. The molecule has 0 spiro atoms. The van der Waals surface area contributed by atoms with Crippen LogP contribution in [0.2, 0.25) is 0 Å². The van der Waals surface area contributed by atoms with Crippen molar-refractivity contribution < 1.29 is 4.79 Å². The highest BCUT2D eigenvalue weighted by Gasteiger charge is 2.17. The zero-order valence-corrected chi connectivity index (χ0v) is 10.6. The maximum absolute atomic E-state index is 11.3. The Morgan fingerprint density at radius 2 is 1.94 bits per heavy atom.